The maximum absolute atomic E-state index is 6.21. The fourth-order valence-electron chi connectivity index (χ4n) is 4.13. The molecule has 3 nitrogen and oxygen atoms in total. The Morgan fingerprint density at radius 3 is 2.21 bits per heavy atom. The smallest absolute Gasteiger partial charge is 0.131 e. The number of hydrogen-bond donors (Lipinski definition) is 0. The maximum atomic E-state index is 6.21. The molecule has 0 spiro atoms. The highest BCUT2D eigenvalue weighted by atomic mass is 16.5. The number of rotatable bonds is 3. The molecule has 0 radical (unpaired) electrons. The topological polar surface area (TPSA) is 27.7 Å². The lowest BCUT2D eigenvalue weighted by Gasteiger charge is -2.30. The summed E-state index contributed by atoms with van der Waals surface area (Å²) in [5.41, 5.74) is 3.48. The Hall–Kier alpha value is -3.46. The minimum Gasteiger partial charge on any atom is -0.497 e. The molecule has 3 heteroatoms. The number of para-hydroxylation sites is 1. The van der Waals surface area contributed by atoms with Crippen molar-refractivity contribution in [2.75, 3.05) is 14.2 Å². The van der Waals surface area contributed by atoms with Gasteiger partial charge in [0.25, 0.3) is 0 Å². The molecule has 138 valence electrons. The number of benzene rings is 4. The van der Waals surface area contributed by atoms with Gasteiger partial charge in [-0.25, -0.2) is 0 Å². The van der Waals surface area contributed by atoms with Crippen molar-refractivity contribution in [1.29, 1.82) is 0 Å². The third-order valence-corrected chi connectivity index (χ3v) is 5.43. The lowest BCUT2D eigenvalue weighted by molar-refractivity contribution is 0.409. The Kier molecular flexibility index (Phi) is 3.94. The summed E-state index contributed by atoms with van der Waals surface area (Å²) in [5, 5.41) is 2.29. The van der Waals surface area contributed by atoms with Gasteiger partial charge in [0.2, 0.25) is 0 Å². The Bertz CT molecular complexity index is 1180. The van der Waals surface area contributed by atoms with E-state index in [2.05, 4.69) is 48.5 Å². The van der Waals surface area contributed by atoms with E-state index >= 15 is 0 Å². The second kappa shape index (κ2) is 6.61. The van der Waals surface area contributed by atoms with E-state index in [1.165, 1.54) is 10.9 Å². The van der Waals surface area contributed by atoms with E-state index in [1.54, 1.807) is 14.2 Å². The Morgan fingerprint density at radius 2 is 1.39 bits per heavy atom. The molecule has 0 bridgehead atoms. The first-order valence-electron chi connectivity index (χ1n) is 9.30. The van der Waals surface area contributed by atoms with Crippen molar-refractivity contribution in [3.8, 4) is 23.0 Å². The number of methoxy groups -OCH3 is 2. The van der Waals surface area contributed by atoms with E-state index in [1.807, 2.05) is 30.3 Å². The predicted octanol–water partition coefficient (Wildman–Crippen LogP) is 6.14. The molecule has 0 aliphatic carbocycles. The maximum Gasteiger partial charge on any atom is 0.131 e. The van der Waals surface area contributed by atoms with Gasteiger partial charge in [0.15, 0.2) is 0 Å². The van der Waals surface area contributed by atoms with Crippen LogP contribution in [-0.4, -0.2) is 14.2 Å². The van der Waals surface area contributed by atoms with Crippen LogP contribution in [0.15, 0.2) is 78.9 Å². The summed E-state index contributed by atoms with van der Waals surface area (Å²) in [7, 11) is 3.41. The molecular formula is C25H20O3. The van der Waals surface area contributed by atoms with Gasteiger partial charge in [0.05, 0.1) is 14.2 Å². The lowest BCUT2D eigenvalue weighted by Crippen LogP contribution is -2.12. The van der Waals surface area contributed by atoms with Crippen molar-refractivity contribution >= 4 is 10.8 Å². The second-order valence-corrected chi connectivity index (χ2v) is 6.88. The van der Waals surface area contributed by atoms with Gasteiger partial charge in [0.1, 0.15) is 23.0 Å². The molecule has 4 aromatic rings. The van der Waals surface area contributed by atoms with Crippen LogP contribution in [0.5, 0.6) is 23.0 Å². The van der Waals surface area contributed by atoms with Crippen LogP contribution >= 0.6 is 0 Å². The molecule has 0 saturated carbocycles. The van der Waals surface area contributed by atoms with Crippen LogP contribution in [0.25, 0.3) is 10.8 Å². The normalized spacial score (nSPS) is 14.7. The molecule has 0 aromatic heterocycles. The molecule has 0 saturated heterocycles. The summed E-state index contributed by atoms with van der Waals surface area (Å²) >= 11 is 0. The molecule has 28 heavy (non-hydrogen) atoms. The van der Waals surface area contributed by atoms with Gasteiger partial charge in [-0.3, -0.25) is 0 Å². The van der Waals surface area contributed by atoms with Gasteiger partial charge in [-0.15, -0.1) is 0 Å². The standard InChI is InChI=1S/C25H20O3/c1-26-16-11-13-24-21(15-16)25(20-9-5-6-10-23(20)28-24)19-12-14-22(27-2)18-8-4-3-7-17(18)19/h3-15,25H,1-2H3. The van der Waals surface area contributed by atoms with Crippen molar-refractivity contribution in [3.05, 3.63) is 95.6 Å². The number of fused-ring (bicyclic) bond motifs is 3. The monoisotopic (exact) mass is 368 g/mol. The van der Waals surface area contributed by atoms with E-state index in [9.17, 15) is 0 Å². The van der Waals surface area contributed by atoms with Crippen molar-refractivity contribution < 1.29 is 14.2 Å². The van der Waals surface area contributed by atoms with Crippen LogP contribution in [0.1, 0.15) is 22.6 Å². The summed E-state index contributed by atoms with van der Waals surface area (Å²) in [6.45, 7) is 0. The molecule has 0 N–H and O–H groups in total. The molecule has 5 rings (SSSR count). The first kappa shape index (κ1) is 16.7. The van der Waals surface area contributed by atoms with Gasteiger partial charge < -0.3 is 14.2 Å². The minimum absolute atomic E-state index is 0.0471. The zero-order valence-corrected chi connectivity index (χ0v) is 15.8. The average Bonchev–Trinajstić information content (AvgIpc) is 2.76. The van der Waals surface area contributed by atoms with Crippen LogP contribution < -0.4 is 14.2 Å². The molecule has 1 heterocycles. The zero-order chi connectivity index (χ0) is 19.1. The molecule has 1 aliphatic rings. The molecule has 4 aromatic carbocycles. The molecule has 1 atom stereocenters. The number of ether oxygens (including phenoxy) is 3. The van der Waals surface area contributed by atoms with Crippen molar-refractivity contribution in [1.82, 2.24) is 0 Å². The van der Waals surface area contributed by atoms with Crippen LogP contribution in [0.3, 0.4) is 0 Å². The zero-order valence-electron chi connectivity index (χ0n) is 15.8. The highest BCUT2D eigenvalue weighted by Gasteiger charge is 2.30. The largest absolute Gasteiger partial charge is 0.497 e. The predicted molar refractivity (Wildman–Crippen MR) is 111 cm³/mol. The van der Waals surface area contributed by atoms with Crippen LogP contribution in [0, 0.1) is 0 Å². The van der Waals surface area contributed by atoms with Gasteiger partial charge in [-0.05, 0) is 41.3 Å². The molecule has 0 fully saturated rings. The van der Waals surface area contributed by atoms with Gasteiger partial charge in [-0.1, -0.05) is 48.5 Å². The fraction of sp³-hybridized carbons (Fsp3) is 0.120. The van der Waals surface area contributed by atoms with Gasteiger partial charge >= 0.3 is 0 Å². The number of hydrogen-bond acceptors (Lipinski definition) is 3. The highest BCUT2D eigenvalue weighted by Crippen LogP contribution is 2.50. The van der Waals surface area contributed by atoms with Crippen LogP contribution in [0.4, 0.5) is 0 Å². The third-order valence-electron chi connectivity index (χ3n) is 5.43. The summed E-state index contributed by atoms with van der Waals surface area (Å²) in [6.07, 6.45) is 0. The van der Waals surface area contributed by atoms with E-state index in [0.717, 1.165) is 39.5 Å². The SMILES string of the molecule is COc1ccc2c(c1)C(c1ccc(OC)c3ccccc13)c1ccccc1O2. The third kappa shape index (κ3) is 2.51. The molecule has 1 unspecified atom stereocenters. The van der Waals surface area contributed by atoms with Crippen molar-refractivity contribution in [2.24, 2.45) is 0 Å². The van der Waals surface area contributed by atoms with Crippen molar-refractivity contribution in [3.63, 3.8) is 0 Å². The first-order chi connectivity index (χ1) is 13.8. The van der Waals surface area contributed by atoms with Gasteiger partial charge in [-0.2, -0.15) is 0 Å². The van der Waals surface area contributed by atoms with E-state index < -0.39 is 0 Å². The van der Waals surface area contributed by atoms with Gasteiger partial charge in [0, 0.05) is 22.4 Å². The molecule has 1 aliphatic heterocycles. The second-order valence-electron chi connectivity index (χ2n) is 6.88. The van der Waals surface area contributed by atoms with E-state index in [0.29, 0.717) is 0 Å². The summed E-state index contributed by atoms with van der Waals surface area (Å²) in [6, 6.07) is 26.8. The Balaban J connectivity index is 1.82. The highest BCUT2D eigenvalue weighted by molar-refractivity contribution is 5.92. The summed E-state index contributed by atoms with van der Waals surface area (Å²) < 4.78 is 17.3. The Morgan fingerprint density at radius 1 is 0.643 bits per heavy atom. The Labute approximate surface area is 164 Å². The average molecular weight is 368 g/mol. The first-order valence-corrected chi connectivity index (χ1v) is 9.30. The summed E-state index contributed by atoms with van der Waals surface area (Å²) in [4.78, 5) is 0. The van der Waals surface area contributed by atoms with Crippen molar-refractivity contribution in [2.45, 2.75) is 5.92 Å². The molecular weight excluding hydrogens is 348 g/mol. The molecule has 0 amide bonds. The van der Waals surface area contributed by atoms with Crippen LogP contribution in [-0.2, 0) is 0 Å². The minimum atomic E-state index is 0.0471. The quantitative estimate of drug-likeness (QED) is 0.383. The lowest BCUT2D eigenvalue weighted by atomic mass is 9.80. The van der Waals surface area contributed by atoms with Crippen LogP contribution in [0.2, 0.25) is 0 Å². The van der Waals surface area contributed by atoms with E-state index in [4.69, 9.17) is 14.2 Å². The van der Waals surface area contributed by atoms with E-state index in [-0.39, 0.29) is 5.92 Å². The summed E-state index contributed by atoms with van der Waals surface area (Å²) in [5.74, 6) is 3.51. The fourth-order valence-corrected chi connectivity index (χ4v) is 4.13.